The molecule has 0 aromatic rings. The predicted octanol–water partition coefficient (Wildman–Crippen LogP) is -1.79. The lowest BCUT2D eigenvalue weighted by molar-refractivity contribution is -0.708. The molecular formula is C4H6N4O2. The Morgan fingerprint density at radius 1 is 1.80 bits per heavy atom. The molecule has 1 atom stereocenters. The van der Waals surface area contributed by atoms with E-state index in [1.54, 1.807) is 5.48 Å². The average Bonchev–Trinajstić information content (AvgIpc) is 1.95. The van der Waals surface area contributed by atoms with Gasteiger partial charge in [0.1, 0.15) is 12.4 Å². The van der Waals surface area contributed by atoms with Crippen LogP contribution in [-0.4, -0.2) is 17.3 Å². The Balaban J connectivity index is 2.81. The minimum absolute atomic E-state index is 0.0764. The highest BCUT2D eigenvalue weighted by Gasteiger charge is 2.13. The van der Waals surface area contributed by atoms with Crippen molar-refractivity contribution in [2.24, 2.45) is 4.99 Å². The molecule has 1 aliphatic rings. The Labute approximate surface area is 56.5 Å². The molecule has 10 heavy (non-hydrogen) atoms. The molecule has 0 saturated carbocycles. The number of nitrogens with one attached hydrogen (secondary N) is 3. The summed E-state index contributed by atoms with van der Waals surface area (Å²) in [5, 5.41) is 25.4. The normalized spacial score (nSPS) is 24.4. The van der Waals surface area contributed by atoms with Crippen LogP contribution in [0.2, 0.25) is 0 Å². The van der Waals surface area contributed by atoms with Crippen molar-refractivity contribution in [3.05, 3.63) is 17.2 Å². The third-order valence-electron chi connectivity index (χ3n) is 1.02. The van der Waals surface area contributed by atoms with E-state index in [-0.39, 0.29) is 11.7 Å². The topological polar surface area (TPSA) is 96.0 Å². The summed E-state index contributed by atoms with van der Waals surface area (Å²) in [6.45, 7) is 0. The third-order valence-corrected chi connectivity index (χ3v) is 1.02. The van der Waals surface area contributed by atoms with E-state index in [1.807, 2.05) is 0 Å². The number of hydrogen-bond acceptors (Lipinski definition) is 5. The maximum atomic E-state index is 10.7. The van der Waals surface area contributed by atoms with Crippen LogP contribution in [0.3, 0.4) is 0 Å². The summed E-state index contributed by atoms with van der Waals surface area (Å²) in [5.74, 6) is -0.313. The largest absolute Gasteiger partial charge is 0.621 e. The van der Waals surface area contributed by atoms with Crippen molar-refractivity contribution < 1.29 is 10.3 Å². The molecule has 0 aliphatic carbocycles. The van der Waals surface area contributed by atoms with Crippen LogP contribution in [0, 0.1) is 10.6 Å². The second-order valence-corrected chi connectivity index (χ2v) is 1.68. The fourth-order valence-corrected chi connectivity index (χ4v) is 0.528. The van der Waals surface area contributed by atoms with Crippen LogP contribution in [0.15, 0.2) is 17.0 Å². The van der Waals surface area contributed by atoms with Crippen LogP contribution >= 0.6 is 0 Å². The first-order chi connectivity index (χ1) is 4.75. The molecule has 0 aromatic heterocycles. The van der Waals surface area contributed by atoms with Crippen molar-refractivity contribution in [3.8, 4) is 0 Å². The van der Waals surface area contributed by atoms with Gasteiger partial charge in [-0.1, -0.05) is 0 Å². The smallest absolute Gasteiger partial charge is 0.248 e. The van der Waals surface area contributed by atoms with E-state index >= 15 is 0 Å². The molecule has 0 saturated heterocycles. The summed E-state index contributed by atoms with van der Waals surface area (Å²) in [6, 6.07) is 0. The first-order valence-electron chi connectivity index (χ1n) is 2.52. The second kappa shape index (κ2) is 2.56. The summed E-state index contributed by atoms with van der Waals surface area (Å²) < 4.78 is 0. The van der Waals surface area contributed by atoms with Gasteiger partial charge in [-0.2, -0.15) is 0 Å². The van der Waals surface area contributed by atoms with Gasteiger partial charge >= 0.3 is 0 Å². The van der Waals surface area contributed by atoms with Gasteiger partial charge in [-0.25, -0.2) is 15.9 Å². The number of rotatable bonds is 1. The van der Waals surface area contributed by atoms with Gasteiger partial charge in [0.05, 0.1) is 0 Å². The molecule has 0 aromatic carbocycles. The first kappa shape index (κ1) is 6.87. The predicted molar refractivity (Wildman–Crippen MR) is 33.6 cm³/mol. The van der Waals surface area contributed by atoms with Crippen LogP contribution in [0.1, 0.15) is 0 Å². The molecule has 0 amide bonds. The van der Waals surface area contributed by atoms with Crippen molar-refractivity contribution in [2.75, 3.05) is 0 Å². The maximum absolute atomic E-state index is 10.7. The van der Waals surface area contributed by atoms with E-state index < -0.39 is 5.06 Å². The number of aliphatic imine (C=N–C) groups is 1. The van der Waals surface area contributed by atoms with Crippen molar-refractivity contribution in [1.82, 2.24) is 5.48 Å². The third kappa shape index (κ3) is 1.03. The molecule has 1 unspecified atom stereocenters. The molecule has 1 aliphatic heterocycles. The summed E-state index contributed by atoms with van der Waals surface area (Å²) in [7, 11) is 0. The van der Waals surface area contributed by atoms with Crippen molar-refractivity contribution >= 4 is 12.1 Å². The van der Waals surface area contributed by atoms with Gasteiger partial charge in [0.15, 0.2) is 0 Å². The van der Waals surface area contributed by atoms with Crippen molar-refractivity contribution in [2.45, 2.75) is 0 Å². The molecular weight excluding hydrogens is 136 g/mol. The minimum Gasteiger partial charge on any atom is -0.621 e. The number of hydroxylamine groups is 3. The van der Waals surface area contributed by atoms with Gasteiger partial charge in [0.2, 0.25) is 11.7 Å². The zero-order chi connectivity index (χ0) is 7.56. The quantitative estimate of drug-likeness (QED) is 0.257. The molecule has 1 rings (SSSR count). The molecule has 0 spiro atoms. The Morgan fingerprint density at radius 2 is 2.50 bits per heavy atom. The van der Waals surface area contributed by atoms with Crippen LogP contribution in [0.25, 0.3) is 0 Å². The van der Waals surface area contributed by atoms with Crippen LogP contribution in [0.4, 0.5) is 0 Å². The molecule has 0 bridgehead atoms. The van der Waals surface area contributed by atoms with Crippen molar-refractivity contribution in [1.29, 1.82) is 5.41 Å². The standard InChI is InChI=1S/C4H6N4O2/c5-3-1-6-2-4(7-9)8(3)10/h1-2,5,7-9H. The lowest BCUT2D eigenvalue weighted by Gasteiger charge is -2.21. The van der Waals surface area contributed by atoms with E-state index in [0.717, 1.165) is 12.4 Å². The van der Waals surface area contributed by atoms with E-state index in [9.17, 15) is 5.21 Å². The molecule has 6 heteroatoms. The van der Waals surface area contributed by atoms with E-state index in [2.05, 4.69) is 4.99 Å². The average molecular weight is 142 g/mol. The van der Waals surface area contributed by atoms with E-state index in [0.29, 0.717) is 0 Å². The molecule has 0 radical (unpaired) electrons. The number of nitrogens with zero attached hydrogens (tertiary/aromatic N) is 1. The Bertz CT molecular complexity index is 209. The highest BCUT2D eigenvalue weighted by atomic mass is 16.5. The maximum Gasteiger partial charge on any atom is 0.248 e. The number of quaternary nitrogens is 1. The highest BCUT2D eigenvalue weighted by molar-refractivity contribution is 6.24. The highest BCUT2D eigenvalue weighted by Crippen LogP contribution is 1.81. The first-order valence-corrected chi connectivity index (χ1v) is 2.52. The van der Waals surface area contributed by atoms with E-state index in [1.165, 1.54) is 0 Å². The molecule has 4 N–H and O–H groups in total. The molecule has 1 heterocycles. The lowest BCUT2D eigenvalue weighted by Crippen LogP contribution is -3.10. The Morgan fingerprint density at radius 3 is 3.00 bits per heavy atom. The summed E-state index contributed by atoms with van der Waals surface area (Å²) in [4.78, 5) is 3.51. The fraction of sp³-hybridized carbons (Fsp3) is 0. The second-order valence-electron chi connectivity index (χ2n) is 1.68. The molecule has 0 fully saturated rings. The fourth-order valence-electron chi connectivity index (χ4n) is 0.528. The number of hydrogen-bond donors (Lipinski definition) is 4. The Hall–Kier alpha value is -1.24. The molecule has 54 valence electrons. The van der Waals surface area contributed by atoms with Crippen LogP contribution in [-0.2, 0) is 0 Å². The van der Waals surface area contributed by atoms with Gasteiger partial charge in [-0.15, -0.1) is 0 Å². The minimum atomic E-state index is -0.558. The summed E-state index contributed by atoms with van der Waals surface area (Å²) >= 11 is 0. The SMILES string of the molecule is N=C1C=NC=C(NO)[NH+]1[O-]. The zero-order valence-corrected chi connectivity index (χ0v) is 4.96. The van der Waals surface area contributed by atoms with Crippen LogP contribution in [0.5, 0.6) is 0 Å². The van der Waals surface area contributed by atoms with Crippen LogP contribution < -0.4 is 10.5 Å². The molecule has 6 nitrogen and oxygen atoms in total. The summed E-state index contributed by atoms with van der Waals surface area (Å²) in [5.41, 5.74) is 1.64. The Kier molecular flexibility index (Phi) is 1.76. The van der Waals surface area contributed by atoms with E-state index in [4.69, 9.17) is 10.6 Å². The lowest BCUT2D eigenvalue weighted by atomic mass is 10.5. The zero-order valence-electron chi connectivity index (χ0n) is 4.96. The number of amidine groups is 1. The van der Waals surface area contributed by atoms with Gasteiger partial charge in [0.25, 0.3) is 0 Å². The monoisotopic (exact) mass is 142 g/mol. The van der Waals surface area contributed by atoms with Crippen molar-refractivity contribution in [3.63, 3.8) is 0 Å². The summed E-state index contributed by atoms with van der Waals surface area (Å²) in [6.07, 6.45) is 2.27. The van der Waals surface area contributed by atoms with Gasteiger partial charge in [-0.3, -0.25) is 10.3 Å². The van der Waals surface area contributed by atoms with Gasteiger partial charge in [-0.05, 0) is 0 Å². The van der Waals surface area contributed by atoms with Gasteiger partial charge < -0.3 is 5.21 Å². The van der Waals surface area contributed by atoms with Gasteiger partial charge in [0, 0.05) is 0 Å².